The van der Waals surface area contributed by atoms with E-state index in [1.165, 1.54) is 4.90 Å². The molecule has 0 saturated heterocycles. The van der Waals surface area contributed by atoms with Gasteiger partial charge in [0, 0.05) is 52.3 Å². The number of hydrogen-bond acceptors (Lipinski definition) is 4. The lowest BCUT2D eigenvalue weighted by molar-refractivity contribution is 0.0926. The monoisotopic (exact) mass is 722 g/mol. The minimum atomic E-state index is -0.365. The summed E-state index contributed by atoms with van der Waals surface area (Å²) in [5.74, 6) is -0.719. The molecule has 0 radical (unpaired) electrons. The number of rotatable bonds is 6. The van der Waals surface area contributed by atoms with Gasteiger partial charge in [-0.25, -0.2) is 4.90 Å². The summed E-state index contributed by atoms with van der Waals surface area (Å²) in [5, 5.41) is 2.08. The Bertz CT molecular complexity index is 2940. The summed E-state index contributed by atoms with van der Waals surface area (Å²) in [6, 6.07) is 48.4. The highest BCUT2D eigenvalue weighted by molar-refractivity contribution is 6.36. The zero-order valence-corrected chi connectivity index (χ0v) is 30.8. The van der Waals surface area contributed by atoms with E-state index < -0.39 is 0 Å². The molecular weight excluding hydrogens is 689 g/mol. The van der Waals surface area contributed by atoms with Crippen molar-refractivity contribution in [1.82, 2.24) is 14.5 Å². The van der Waals surface area contributed by atoms with Crippen LogP contribution in [0.25, 0.3) is 72.0 Å². The van der Waals surface area contributed by atoms with E-state index in [4.69, 9.17) is 0 Å². The number of carbonyl (C=O) groups excluding carboxylic acids is 2. The molecule has 266 valence electrons. The third-order valence-electron chi connectivity index (χ3n) is 11.0. The molecule has 0 saturated carbocycles. The minimum Gasteiger partial charge on any atom is -0.307 e. The fraction of sp³-hybridized carbons (Fsp3) is 0.0400. The number of imide groups is 1. The summed E-state index contributed by atoms with van der Waals surface area (Å²) in [5.41, 5.74) is 13.7. The van der Waals surface area contributed by atoms with Gasteiger partial charge in [-0.15, -0.1) is 0 Å². The molecule has 0 bridgehead atoms. The first-order valence-corrected chi connectivity index (χ1v) is 18.6. The van der Waals surface area contributed by atoms with E-state index in [-0.39, 0.29) is 11.8 Å². The third kappa shape index (κ3) is 5.11. The summed E-state index contributed by atoms with van der Waals surface area (Å²) in [7, 11) is 0. The van der Waals surface area contributed by atoms with Crippen LogP contribution < -0.4 is 4.90 Å². The van der Waals surface area contributed by atoms with Crippen molar-refractivity contribution < 1.29 is 9.59 Å². The van der Waals surface area contributed by atoms with Crippen LogP contribution in [0, 0.1) is 13.8 Å². The van der Waals surface area contributed by atoms with Gasteiger partial charge in [0.25, 0.3) is 11.8 Å². The van der Waals surface area contributed by atoms with Crippen LogP contribution in [-0.2, 0) is 0 Å². The molecule has 0 N–H and O–H groups in total. The Morgan fingerprint density at radius 2 is 0.982 bits per heavy atom. The summed E-state index contributed by atoms with van der Waals surface area (Å²) in [6.07, 6.45) is 7.38. The Morgan fingerprint density at radius 3 is 1.57 bits per heavy atom. The molecule has 0 fully saturated rings. The van der Waals surface area contributed by atoms with E-state index in [9.17, 15) is 4.79 Å². The van der Waals surface area contributed by atoms with Gasteiger partial charge in [0.1, 0.15) is 0 Å². The molecule has 3 aromatic heterocycles. The lowest BCUT2D eigenvalue weighted by Gasteiger charge is -2.20. The number of para-hydroxylation sites is 2. The van der Waals surface area contributed by atoms with Gasteiger partial charge in [-0.2, -0.15) is 0 Å². The average Bonchev–Trinajstić information content (AvgIpc) is 3.72. The van der Waals surface area contributed by atoms with Gasteiger partial charge in [-0.3, -0.25) is 19.6 Å². The van der Waals surface area contributed by atoms with Gasteiger partial charge in [-0.05, 0) is 89.2 Å². The maximum absolute atomic E-state index is 15.2. The predicted octanol–water partition coefficient (Wildman–Crippen LogP) is 11.7. The van der Waals surface area contributed by atoms with E-state index in [1.54, 1.807) is 6.07 Å². The molecule has 56 heavy (non-hydrogen) atoms. The van der Waals surface area contributed by atoms with Crippen molar-refractivity contribution in [2.45, 2.75) is 13.8 Å². The number of benzene rings is 6. The van der Waals surface area contributed by atoms with Crippen LogP contribution >= 0.6 is 0 Å². The molecule has 4 heterocycles. The highest BCUT2D eigenvalue weighted by atomic mass is 16.2. The van der Waals surface area contributed by atoms with Crippen molar-refractivity contribution in [3.05, 3.63) is 193 Å². The number of nitrogens with zero attached hydrogens (tertiary/aromatic N) is 4. The molecule has 2 amide bonds. The minimum absolute atomic E-state index is 0.354. The molecule has 1 aliphatic heterocycles. The van der Waals surface area contributed by atoms with E-state index in [0.29, 0.717) is 22.5 Å². The van der Waals surface area contributed by atoms with Crippen molar-refractivity contribution >= 4 is 39.3 Å². The van der Waals surface area contributed by atoms with Gasteiger partial charge in [0.05, 0.1) is 33.5 Å². The Labute approximate surface area is 324 Å². The van der Waals surface area contributed by atoms with Gasteiger partial charge in [0.2, 0.25) is 0 Å². The highest BCUT2D eigenvalue weighted by Gasteiger charge is 2.40. The van der Waals surface area contributed by atoms with E-state index >= 15 is 4.79 Å². The molecule has 0 aliphatic carbocycles. The largest absolute Gasteiger partial charge is 0.307 e. The maximum atomic E-state index is 15.2. The molecule has 10 rings (SSSR count). The molecule has 0 atom stereocenters. The van der Waals surface area contributed by atoms with Crippen molar-refractivity contribution in [2.75, 3.05) is 4.90 Å². The highest BCUT2D eigenvalue weighted by Crippen LogP contribution is 2.46. The standard InChI is InChI=1S/C50H34N4O2/c1-31-29-51-26-24-36(31)38-16-9-18-40-41-19-10-17-39(37-25-27-52-30-32(37)2)48(41)53(47(38)40)45-21-11-20-42-46(45)50(56)54(49(42)55)44-23-22-35(33-12-5-3-6-13-33)28-43(44)34-14-7-4-8-15-34/h3-30H,1-2H3. The summed E-state index contributed by atoms with van der Waals surface area (Å²) in [4.78, 5) is 40.1. The van der Waals surface area contributed by atoms with Crippen LogP contribution in [0.1, 0.15) is 31.8 Å². The van der Waals surface area contributed by atoms with Crippen LogP contribution in [0.2, 0.25) is 0 Å². The lowest BCUT2D eigenvalue weighted by Crippen LogP contribution is -2.30. The Hall–Kier alpha value is -7.44. The number of fused-ring (bicyclic) bond motifs is 4. The number of aryl methyl sites for hydroxylation is 2. The fourth-order valence-electron chi connectivity index (χ4n) is 8.40. The first-order chi connectivity index (χ1) is 27.5. The fourth-order valence-corrected chi connectivity index (χ4v) is 8.40. The first-order valence-electron chi connectivity index (χ1n) is 18.6. The van der Waals surface area contributed by atoms with Crippen LogP contribution in [0.4, 0.5) is 5.69 Å². The SMILES string of the molecule is Cc1cnccc1-c1cccc2c3cccc(-c4ccncc4C)c3n(-c3cccc4c3C(=O)N(c3ccc(-c5ccccc5)cc3-c3ccccc3)C4=O)c12. The number of anilines is 1. The summed E-state index contributed by atoms with van der Waals surface area (Å²) >= 11 is 0. The van der Waals surface area contributed by atoms with Gasteiger partial charge >= 0.3 is 0 Å². The number of carbonyl (C=O) groups is 2. The van der Waals surface area contributed by atoms with Crippen molar-refractivity contribution in [1.29, 1.82) is 0 Å². The van der Waals surface area contributed by atoms with Crippen molar-refractivity contribution in [2.24, 2.45) is 0 Å². The molecule has 0 spiro atoms. The predicted molar refractivity (Wildman–Crippen MR) is 225 cm³/mol. The summed E-state index contributed by atoms with van der Waals surface area (Å²) in [6.45, 7) is 4.13. The van der Waals surface area contributed by atoms with Crippen LogP contribution in [-0.4, -0.2) is 26.3 Å². The topological polar surface area (TPSA) is 68.1 Å². The molecule has 9 aromatic rings. The van der Waals surface area contributed by atoms with E-state index in [1.807, 2.05) is 110 Å². The van der Waals surface area contributed by atoms with E-state index in [0.717, 1.165) is 77.4 Å². The molecule has 6 nitrogen and oxygen atoms in total. The van der Waals surface area contributed by atoms with Crippen LogP contribution in [0.3, 0.4) is 0 Å². The molecule has 6 heteroatoms. The number of hydrogen-bond donors (Lipinski definition) is 0. The second kappa shape index (κ2) is 13.1. The normalized spacial score (nSPS) is 12.5. The smallest absolute Gasteiger partial charge is 0.268 e. The van der Waals surface area contributed by atoms with E-state index in [2.05, 4.69) is 83.0 Å². The van der Waals surface area contributed by atoms with Gasteiger partial charge in [0.15, 0.2) is 0 Å². The number of amides is 2. The zero-order chi connectivity index (χ0) is 37.9. The van der Waals surface area contributed by atoms with Crippen molar-refractivity contribution in [3.8, 4) is 50.2 Å². The maximum Gasteiger partial charge on any atom is 0.268 e. The number of pyridine rings is 2. The zero-order valence-electron chi connectivity index (χ0n) is 30.8. The molecule has 6 aromatic carbocycles. The molecule has 0 unspecified atom stereocenters. The Balaban J connectivity index is 1.25. The lowest BCUT2D eigenvalue weighted by atomic mass is 9.97. The van der Waals surface area contributed by atoms with Gasteiger partial charge < -0.3 is 4.57 Å². The molecular formula is C50H34N4O2. The Morgan fingerprint density at radius 1 is 0.429 bits per heavy atom. The first kappa shape index (κ1) is 33.2. The summed E-state index contributed by atoms with van der Waals surface area (Å²) < 4.78 is 2.21. The number of aromatic nitrogens is 3. The third-order valence-corrected chi connectivity index (χ3v) is 11.0. The molecule has 1 aliphatic rings. The van der Waals surface area contributed by atoms with Crippen LogP contribution in [0.15, 0.2) is 170 Å². The van der Waals surface area contributed by atoms with Gasteiger partial charge in [-0.1, -0.05) is 109 Å². The second-order valence-corrected chi connectivity index (χ2v) is 14.2. The van der Waals surface area contributed by atoms with Crippen molar-refractivity contribution in [3.63, 3.8) is 0 Å². The Kier molecular flexibility index (Phi) is 7.78. The second-order valence-electron chi connectivity index (χ2n) is 14.2. The van der Waals surface area contributed by atoms with Crippen LogP contribution in [0.5, 0.6) is 0 Å². The quantitative estimate of drug-likeness (QED) is 0.160. The average molecular weight is 723 g/mol.